The number of carbonyl (C=O) groups excluding carboxylic acids is 1. The summed E-state index contributed by atoms with van der Waals surface area (Å²) in [6, 6.07) is 12.0. The fourth-order valence-electron chi connectivity index (χ4n) is 3.44. The molecule has 2 aromatic carbocycles. The van der Waals surface area contributed by atoms with E-state index in [2.05, 4.69) is 58.9 Å². The highest BCUT2D eigenvalue weighted by Gasteiger charge is 2.24. The Balaban J connectivity index is 1.71. The molecular weight excluding hydrogens is 420 g/mol. The lowest BCUT2D eigenvalue weighted by atomic mass is 10.1. The van der Waals surface area contributed by atoms with Crippen LogP contribution < -0.4 is 14.4 Å². The zero-order chi connectivity index (χ0) is 20.1. The molecule has 0 unspecified atom stereocenters. The predicted molar refractivity (Wildman–Crippen MR) is 116 cm³/mol. The van der Waals surface area contributed by atoms with E-state index in [0.29, 0.717) is 36.8 Å². The summed E-state index contributed by atoms with van der Waals surface area (Å²) in [4.78, 5) is 17.3. The number of halogens is 1. The van der Waals surface area contributed by atoms with E-state index in [-0.39, 0.29) is 5.91 Å². The van der Waals surface area contributed by atoms with E-state index in [1.165, 1.54) is 11.3 Å². The molecular formula is C22H27BrN2O3. The van der Waals surface area contributed by atoms with Crippen molar-refractivity contribution in [2.75, 3.05) is 44.8 Å². The number of piperazine rings is 1. The second-order valence-corrected chi connectivity index (χ2v) is 7.76. The highest BCUT2D eigenvalue weighted by molar-refractivity contribution is 9.10. The molecule has 0 atom stereocenters. The van der Waals surface area contributed by atoms with Crippen LogP contribution in [0.2, 0.25) is 0 Å². The first kappa shape index (κ1) is 20.5. The Labute approximate surface area is 175 Å². The number of hydrogen-bond donors (Lipinski definition) is 0. The number of anilines is 1. The van der Waals surface area contributed by atoms with Crippen LogP contribution in [0.15, 0.2) is 40.9 Å². The first-order chi connectivity index (χ1) is 13.5. The van der Waals surface area contributed by atoms with Crippen LogP contribution in [0.1, 0.15) is 29.3 Å². The number of rotatable bonds is 6. The lowest BCUT2D eigenvalue weighted by molar-refractivity contribution is 0.0746. The predicted octanol–water partition coefficient (Wildman–Crippen LogP) is 4.52. The van der Waals surface area contributed by atoms with Crippen molar-refractivity contribution in [2.45, 2.75) is 20.3 Å². The summed E-state index contributed by atoms with van der Waals surface area (Å²) < 4.78 is 12.0. The number of ether oxygens (including phenoxy) is 2. The maximum atomic E-state index is 13.0. The molecule has 0 radical (unpaired) electrons. The second kappa shape index (κ2) is 9.32. The average Bonchev–Trinajstić information content (AvgIpc) is 2.72. The van der Waals surface area contributed by atoms with Crippen LogP contribution in [0.5, 0.6) is 11.5 Å². The minimum absolute atomic E-state index is 0.0190. The maximum absolute atomic E-state index is 13.0. The molecule has 0 aromatic heterocycles. The normalized spacial score (nSPS) is 14.1. The lowest BCUT2D eigenvalue weighted by Crippen LogP contribution is -2.49. The molecule has 1 heterocycles. The molecule has 1 fully saturated rings. The Kier molecular flexibility index (Phi) is 6.83. The molecule has 1 aliphatic rings. The summed E-state index contributed by atoms with van der Waals surface area (Å²) in [5.41, 5.74) is 3.12. The van der Waals surface area contributed by atoms with Gasteiger partial charge in [0.05, 0.1) is 18.2 Å². The number of hydrogen-bond acceptors (Lipinski definition) is 4. The number of benzene rings is 2. The van der Waals surface area contributed by atoms with Gasteiger partial charge >= 0.3 is 0 Å². The third-order valence-electron chi connectivity index (χ3n) is 4.95. The van der Waals surface area contributed by atoms with Gasteiger partial charge in [-0.05, 0) is 53.0 Å². The zero-order valence-electron chi connectivity index (χ0n) is 16.7. The minimum atomic E-state index is 0.0190. The Morgan fingerprint density at radius 2 is 1.86 bits per heavy atom. The Morgan fingerprint density at radius 1 is 1.14 bits per heavy atom. The number of carbonyl (C=O) groups is 1. The van der Waals surface area contributed by atoms with E-state index in [1.54, 1.807) is 13.2 Å². The van der Waals surface area contributed by atoms with Gasteiger partial charge in [0.2, 0.25) is 0 Å². The highest BCUT2D eigenvalue weighted by Crippen LogP contribution is 2.37. The molecule has 0 spiro atoms. The first-order valence-corrected chi connectivity index (χ1v) is 10.4. The molecule has 5 nitrogen and oxygen atoms in total. The fraction of sp³-hybridized carbons (Fsp3) is 0.409. The van der Waals surface area contributed by atoms with Gasteiger partial charge in [-0.2, -0.15) is 0 Å². The van der Waals surface area contributed by atoms with Gasteiger partial charge < -0.3 is 19.3 Å². The number of nitrogens with zero attached hydrogens (tertiary/aromatic N) is 2. The van der Waals surface area contributed by atoms with Gasteiger partial charge in [0, 0.05) is 37.4 Å². The van der Waals surface area contributed by atoms with E-state index < -0.39 is 0 Å². The van der Waals surface area contributed by atoms with E-state index in [0.717, 1.165) is 24.0 Å². The molecule has 1 aliphatic heterocycles. The largest absolute Gasteiger partial charge is 0.493 e. The summed E-state index contributed by atoms with van der Waals surface area (Å²) in [7, 11) is 1.59. The molecule has 3 rings (SSSR count). The number of methoxy groups -OCH3 is 1. The average molecular weight is 447 g/mol. The summed E-state index contributed by atoms with van der Waals surface area (Å²) in [6.45, 7) is 7.82. The van der Waals surface area contributed by atoms with E-state index in [9.17, 15) is 4.79 Å². The van der Waals surface area contributed by atoms with E-state index in [1.807, 2.05) is 11.0 Å². The van der Waals surface area contributed by atoms with Crippen molar-refractivity contribution >= 4 is 27.5 Å². The molecule has 0 N–H and O–H groups in total. The van der Waals surface area contributed by atoms with Gasteiger partial charge in [-0.25, -0.2) is 0 Å². The molecule has 1 amide bonds. The van der Waals surface area contributed by atoms with Gasteiger partial charge in [-0.1, -0.05) is 25.1 Å². The summed E-state index contributed by atoms with van der Waals surface area (Å²) in [6.07, 6.45) is 0.904. The van der Waals surface area contributed by atoms with Crippen LogP contribution in [-0.4, -0.2) is 50.7 Å². The van der Waals surface area contributed by atoms with Crippen LogP contribution in [0.3, 0.4) is 0 Å². The Bertz CT molecular complexity index is 833. The molecule has 6 heteroatoms. The van der Waals surface area contributed by atoms with E-state index >= 15 is 0 Å². The van der Waals surface area contributed by atoms with Crippen LogP contribution in [0, 0.1) is 6.92 Å². The van der Waals surface area contributed by atoms with Crippen molar-refractivity contribution in [1.82, 2.24) is 4.90 Å². The first-order valence-electron chi connectivity index (χ1n) is 9.65. The summed E-state index contributed by atoms with van der Waals surface area (Å²) >= 11 is 3.53. The molecule has 2 aromatic rings. The molecule has 0 bridgehead atoms. The van der Waals surface area contributed by atoms with Crippen LogP contribution in [0.25, 0.3) is 0 Å². The van der Waals surface area contributed by atoms with Gasteiger partial charge in [0.15, 0.2) is 11.5 Å². The molecule has 150 valence electrons. The number of aryl methyl sites for hydroxylation is 1. The molecule has 28 heavy (non-hydrogen) atoms. The van der Waals surface area contributed by atoms with E-state index in [4.69, 9.17) is 9.47 Å². The minimum Gasteiger partial charge on any atom is -0.493 e. The van der Waals surface area contributed by atoms with Crippen molar-refractivity contribution in [3.05, 3.63) is 52.0 Å². The van der Waals surface area contributed by atoms with Crippen molar-refractivity contribution in [2.24, 2.45) is 0 Å². The summed E-state index contributed by atoms with van der Waals surface area (Å²) in [5.74, 6) is 1.24. The van der Waals surface area contributed by atoms with Gasteiger partial charge in [0.1, 0.15) is 0 Å². The monoisotopic (exact) mass is 446 g/mol. The third kappa shape index (κ3) is 4.43. The van der Waals surface area contributed by atoms with Crippen LogP contribution in [0.4, 0.5) is 5.69 Å². The Hall–Kier alpha value is -2.21. The van der Waals surface area contributed by atoms with Gasteiger partial charge in [-0.15, -0.1) is 0 Å². The maximum Gasteiger partial charge on any atom is 0.254 e. The van der Waals surface area contributed by atoms with Crippen molar-refractivity contribution < 1.29 is 14.3 Å². The zero-order valence-corrected chi connectivity index (χ0v) is 18.3. The Morgan fingerprint density at radius 3 is 2.50 bits per heavy atom. The van der Waals surface area contributed by atoms with Crippen molar-refractivity contribution in [3.63, 3.8) is 0 Å². The van der Waals surface area contributed by atoms with Crippen LogP contribution >= 0.6 is 15.9 Å². The third-order valence-corrected chi connectivity index (χ3v) is 5.54. The standard InChI is InChI=1S/C22H27BrN2O3/c1-4-13-28-21-18(23)14-17(15-20(21)27-3)22(26)25-11-9-24(10-12-25)19-8-6-5-7-16(19)2/h5-8,14-15H,4,9-13H2,1-3H3. The van der Waals surface area contributed by atoms with Crippen molar-refractivity contribution in [3.8, 4) is 11.5 Å². The lowest BCUT2D eigenvalue weighted by Gasteiger charge is -2.37. The highest BCUT2D eigenvalue weighted by atomic mass is 79.9. The van der Waals surface area contributed by atoms with Gasteiger partial charge in [-0.3, -0.25) is 4.79 Å². The number of para-hydroxylation sites is 1. The summed E-state index contributed by atoms with van der Waals surface area (Å²) in [5, 5.41) is 0. The topological polar surface area (TPSA) is 42.0 Å². The van der Waals surface area contributed by atoms with Gasteiger partial charge in [0.25, 0.3) is 5.91 Å². The number of amides is 1. The second-order valence-electron chi connectivity index (χ2n) is 6.90. The quantitative estimate of drug-likeness (QED) is 0.653. The molecule has 1 saturated heterocycles. The molecule has 0 saturated carbocycles. The van der Waals surface area contributed by atoms with Crippen LogP contribution in [-0.2, 0) is 0 Å². The van der Waals surface area contributed by atoms with Crippen molar-refractivity contribution in [1.29, 1.82) is 0 Å². The fourth-order valence-corrected chi connectivity index (χ4v) is 4.00. The smallest absolute Gasteiger partial charge is 0.254 e. The molecule has 0 aliphatic carbocycles. The SMILES string of the molecule is CCCOc1c(Br)cc(C(=O)N2CCN(c3ccccc3C)CC2)cc1OC.